The second kappa shape index (κ2) is 9.55. The van der Waals surface area contributed by atoms with Gasteiger partial charge in [-0.25, -0.2) is 0 Å². The second-order valence-electron chi connectivity index (χ2n) is 9.46. The van der Waals surface area contributed by atoms with Gasteiger partial charge in [-0.3, -0.25) is 0 Å². The zero-order valence-electron chi connectivity index (χ0n) is 17.2. The highest BCUT2D eigenvalue weighted by molar-refractivity contribution is 5.25. The first-order chi connectivity index (χ1) is 12.6. The van der Waals surface area contributed by atoms with E-state index in [1.807, 2.05) is 0 Å². The molecule has 0 aromatic rings. The Morgan fingerprint density at radius 1 is 1.08 bits per heavy atom. The van der Waals surface area contributed by atoms with E-state index in [-0.39, 0.29) is 6.10 Å². The molecular formula is C24H41NO. The van der Waals surface area contributed by atoms with Gasteiger partial charge < -0.3 is 10.4 Å². The number of allylic oxidation sites excluding steroid dienone is 3. The molecule has 3 aliphatic carbocycles. The molecule has 3 saturated carbocycles. The maximum atomic E-state index is 9.91. The molecule has 0 bridgehead atoms. The summed E-state index contributed by atoms with van der Waals surface area (Å²) in [5, 5.41) is 13.2. The first-order valence-corrected chi connectivity index (χ1v) is 11.3. The quantitative estimate of drug-likeness (QED) is 0.566. The Hall–Kier alpha value is -0.600. The Morgan fingerprint density at radius 2 is 1.96 bits per heavy atom. The van der Waals surface area contributed by atoms with Crippen LogP contribution in [0.5, 0.6) is 0 Å². The highest BCUT2D eigenvalue weighted by Gasteiger charge is 2.48. The number of aliphatic hydroxyl groups excluding tert-OH is 1. The standard InChI is InChI=1S/C24H41NO/c1-24-16-7-9-20(13-12-19-8-6-11-22(26)18-19)23(24)15-14-21(24)10-4-3-5-17-25-2/h12-13,21-23,25-26H,3-11,14-18H2,1-2H3/b19-12-,20-13+. The number of fused-ring (bicyclic) bond motifs is 1. The molecule has 3 aliphatic rings. The molecule has 0 amide bonds. The Balaban J connectivity index is 1.59. The van der Waals surface area contributed by atoms with Crippen LogP contribution in [0, 0.1) is 17.3 Å². The van der Waals surface area contributed by atoms with E-state index in [4.69, 9.17) is 0 Å². The molecule has 0 aliphatic heterocycles. The van der Waals surface area contributed by atoms with Gasteiger partial charge in [-0.2, -0.15) is 0 Å². The van der Waals surface area contributed by atoms with Crippen LogP contribution in [-0.4, -0.2) is 24.8 Å². The van der Waals surface area contributed by atoms with Crippen LogP contribution in [0.3, 0.4) is 0 Å². The number of rotatable bonds is 7. The first kappa shape index (κ1) is 20.1. The van der Waals surface area contributed by atoms with Crippen molar-refractivity contribution >= 4 is 0 Å². The summed E-state index contributed by atoms with van der Waals surface area (Å²) in [7, 11) is 2.06. The van der Waals surface area contributed by atoms with Gasteiger partial charge in [0.15, 0.2) is 0 Å². The number of hydrogen-bond donors (Lipinski definition) is 2. The molecule has 4 unspecified atom stereocenters. The third-order valence-corrected chi connectivity index (χ3v) is 7.71. The SMILES string of the molecule is CNCCCCCC1CCC2/C(=C/C=C3/CCCC(O)C3)CCCC12C. The van der Waals surface area contributed by atoms with Crippen LogP contribution in [0.25, 0.3) is 0 Å². The normalized spacial score (nSPS) is 38.0. The lowest BCUT2D eigenvalue weighted by Gasteiger charge is -2.42. The summed E-state index contributed by atoms with van der Waals surface area (Å²) in [6.07, 6.45) is 21.6. The molecule has 4 atom stereocenters. The van der Waals surface area contributed by atoms with Crippen LogP contribution >= 0.6 is 0 Å². The summed E-state index contributed by atoms with van der Waals surface area (Å²) in [6, 6.07) is 0. The molecule has 0 radical (unpaired) electrons. The first-order valence-electron chi connectivity index (χ1n) is 11.3. The van der Waals surface area contributed by atoms with Gasteiger partial charge >= 0.3 is 0 Å². The highest BCUT2D eigenvalue weighted by Crippen LogP contribution is 2.58. The average molecular weight is 360 g/mol. The molecule has 0 heterocycles. The molecule has 148 valence electrons. The van der Waals surface area contributed by atoms with E-state index in [9.17, 15) is 5.11 Å². The zero-order valence-corrected chi connectivity index (χ0v) is 17.2. The molecule has 2 N–H and O–H groups in total. The van der Waals surface area contributed by atoms with Crippen molar-refractivity contribution < 1.29 is 5.11 Å². The lowest BCUT2D eigenvalue weighted by Crippen LogP contribution is -2.33. The minimum atomic E-state index is -0.0937. The molecule has 2 heteroatoms. The molecule has 0 aromatic carbocycles. The van der Waals surface area contributed by atoms with Crippen LogP contribution in [-0.2, 0) is 0 Å². The van der Waals surface area contributed by atoms with Crippen molar-refractivity contribution in [1.82, 2.24) is 5.32 Å². The third kappa shape index (κ3) is 4.81. The summed E-state index contributed by atoms with van der Waals surface area (Å²) in [4.78, 5) is 0. The van der Waals surface area contributed by atoms with Crippen molar-refractivity contribution in [3.8, 4) is 0 Å². The van der Waals surface area contributed by atoms with Crippen molar-refractivity contribution in [3.63, 3.8) is 0 Å². The summed E-state index contributed by atoms with van der Waals surface area (Å²) in [5.41, 5.74) is 3.75. The number of aliphatic hydroxyl groups is 1. The fourth-order valence-corrected chi connectivity index (χ4v) is 6.14. The van der Waals surface area contributed by atoms with Crippen molar-refractivity contribution in [1.29, 1.82) is 0 Å². The predicted octanol–water partition coefficient (Wildman–Crippen LogP) is 5.77. The van der Waals surface area contributed by atoms with E-state index in [1.165, 1.54) is 76.3 Å². The fraction of sp³-hybridized carbons (Fsp3) is 0.833. The van der Waals surface area contributed by atoms with E-state index in [0.717, 1.165) is 31.1 Å². The number of nitrogens with one attached hydrogen (secondary N) is 1. The Kier molecular flexibility index (Phi) is 7.40. The maximum absolute atomic E-state index is 9.91. The number of unbranched alkanes of at least 4 members (excludes halogenated alkanes) is 2. The van der Waals surface area contributed by atoms with Gasteiger partial charge in [0.2, 0.25) is 0 Å². The van der Waals surface area contributed by atoms with Crippen molar-refractivity contribution in [2.75, 3.05) is 13.6 Å². The summed E-state index contributed by atoms with van der Waals surface area (Å²) in [6.45, 7) is 3.77. The predicted molar refractivity (Wildman–Crippen MR) is 111 cm³/mol. The molecular weight excluding hydrogens is 318 g/mol. The van der Waals surface area contributed by atoms with Gasteiger partial charge in [0.25, 0.3) is 0 Å². The zero-order chi connectivity index (χ0) is 18.4. The smallest absolute Gasteiger partial charge is 0.0577 e. The minimum absolute atomic E-state index is 0.0937. The average Bonchev–Trinajstić information content (AvgIpc) is 2.97. The molecule has 3 rings (SSSR count). The van der Waals surface area contributed by atoms with Crippen LogP contribution in [0.4, 0.5) is 0 Å². The lowest BCUT2D eigenvalue weighted by molar-refractivity contribution is 0.127. The second-order valence-corrected chi connectivity index (χ2v) is 9.46. The van der Waals surface area contributed by atoms with Crippen molar-refractivity contribution in [2.45, 2.75) is 96.5 Å². The molecule has 0 aromatic heterocycles. The Morgan fingerprint density at radius 3 is 2.77 bits per heavy atom. The van der Waals surface area contributed by atoms with Crippen LogP contribution in [0.1, 0.15) is 90.4 Å². The Labute approximate surface area is 161 Å². The van der Waals surface area contributed by atoms with Crippen LogP contribution in [0.2, 0.25) is 0 Å². The Bertz CT molecular complexity index is 508. The molecule has 2 nitrogen and oxygen atoms in total. The minimum Gasteiger partial charge on any atom is -0.393 e. The molecule has 0 spiro atoms. The van der Waals surface area contributed by atoms with E-state index in [2.05, 4.69) is 31.4 Å². The van der Waals surface area contributed by atoms with Gasteiger partial charge in [-0.15, -0.1) is 0 Å². The van der Waals surface area contributed by atoms with Crippen molar-refractivity contribution in [3.05, 3.63) is 23.3 Å². The summed E-state index contributed by atoms with van der Waals surface area (Å²) < 4.78 is 0. The van der Waals surface area contributed by atoms with Gasteiger partial charge in [0.1, 0.15) is 0 Å². The summed E-state index contributed by atoms with van der Waals surface area (Å²) in [5.74, 6) is 1.76. The topological polar surface area (TPSA) is 32.3 Å². The van der Waals surface area contributed by atoms with E-state index >= 15 is 0 Å². The van der Waals surface area contributed by atoms with Crippen LogP contribution < -0.4 is 5.32 Å². The maximum Gasteiger partial charge on any atom is 0.0577 e. The van der Waals surface area contributed by atoms with Crippen molar-refractivity contribution in [2.24, 2.45) is 17.3 Å². The van der Waals surface area contributed by atoms with E-state index in [0.29, 0.717) is 5.41 Å². The van der Waals surface area contributed by atoms with Gasteiger partial charge in [-0.05, 0) is 101 Å². The van der Waals surface area contributed by atoms with Gasteiger partial charge in [-0.1, -0.05) is 43.1 Å². The largest absolute Gasteiger partial charge is 0.393 e. The molecule has 0 saturated heterocycles. The van der Waals surface area contributed by atoms with Gasteiger partial charge in [0, 0.05) is 0 Å². The number of hydrogen-bond acceptors (Lipinski definition) is 2. The van der Waals surface area contributed by atoms with Crippen LogP contribution in [0.15, 0.2) is 23.3 Å². The highest BCUT2D eigenvalue weighted by atomic mass is 16.3. The monoisotopic (exact) mass is 359 g/mol. The molecule has 26 heavy (non-hydrogen) atoms. The lowest BCUT2D eigenvalue weighted by atomic mass is 9.62. The third-order valence-electron chi connectivity index (χ3n) is 7.71. The molecule has 3 fully saturated rings. The van der Waals surface area contributed by atoms with E-state index in [1.54, 1.807) is 5.57 Å². The summed E-state index contributed by atoms with van der Waals surface area (Å²) >= 11 is 0. The van der Waals surface area contributed by atoms with Gasteiger partial charge in [0.05, 0.1) is 6.10 Å². The fourth-order valence-electron chi connectivity index (χ4n) is 6.14. The van der Waals surface area contributed by atoms with E-state index < -0.39 is 0 Å².